The van der Waals surface area contributed by atoms with Crippen LogP contribution in [0, 0.1) is 17.2 Å². The van der Waals surface area contributed by atoms with Crippen LogP contribution in [0.3, 0.4) is 0 Å². The Morgan fingerprint density at radius 3 is 2.75 bits per heavy atom. The fourth-order valence-electron chi connectivity index (χ4n) is 2.25. The van der Waals surface area contributed by atoms with E-state index in [4.69, 9.17) is 0 Å². The van der Waals surface area contributed by atoms with Crippen LogP contribution in [0.1, 0.15) is 24.5 Å². The summed E-state index contributed by atoms with van der Waals surface area (Å²) in [5.74, 6) is 0.334. The average molecular weight is 216 g/mol. The van der Waals surface area contributed by atoms with Crippen molar-refractivity contribution < 1.29 is 0 Å². The Labute approximate surface area is 95.9 Å². The topological polar surface area (TPSA) is 52.8 Å². The van der Waals surface area contributed by atoms with Gasteiger partial charge in [0.15, 0.2) is 0 Å². The van der Waals surface area contributed by atoms with Gasteiger partial charge in [-0.05, 0) is 38.9 Å². The van der Waals surface area contributed by atoms with E-state index in [-0.39, 0.29) is 5.92 Å². The monoisotopic (exact) mass is 216 g/mol. The van der Waals surface area contributed by atoms with Crippen LogP contribution in [0.4, 0.5) is 0 Å². The molecule has 0 aromatic carbocycles. The van der Waals surface area contributed by atoms with Crippen molar-refractivity contribution in [3.63, 3.8) is 0 Å². The minimum absolute atomic E-state index is 0.0950. The number of nitrogens with zero attached hydrogens (tertiary/aromatic N) is 4. The summed E-state index contributed by atoms with van der Waals surface area (Å²) in [6, 6.07) is 2.38. The number of nitriles is 1. The number of hydrogen-bond acceptors (Lipinski definition) is 4. The summed E-state index contributed by atoms with van der Waals surface area (Å²) in [6.07, 6.45) is 7.17. The lowest BCUT2D eigenvalue weighted by molar-refractivity contribution is 0.209. The van der Waals surface area contributed by atoms with Gasteiger partial charge in [0.05, 0.1) is 17.7 Å². The number of aromatic nitrogens is 2. The first kappa shape index (κ1) is 11.0. The van der Waals surface area contributed by atoms with E-state index in [2.05, 4.69) is 28.0 Å². The fourth-order valence-corrected chi connectivity index (χ4v) is 2.25. The van der Waals surface area contributed by atoms with E-state index in [1.54, 1.807) is 18.6 Å². The molecule has 1 aliphatic heterocycles. The third-order valence-corrected chi connectivity index (χ3v) is 3.28. The van der Waals surface area contributed by atoms with Crippen LogP contribution < -0.4 is 0 Å². The second-order valence-corrected chi connectivity index (χ2v) is 4.38. The van der Waals surface area contributed by atoms with Gasteiger partial charge >= 0.3 is 0 Å². The molecule has 4 nitrogen and oxygen atoms in total. The number of hydrogen-bond donors (Lipinski definition) is 0. The Kier molecular flexibility index (Phi) is 3.47. The van der Waals surface area contributed by atoms with Gasteiger partial charge in [0, 0.05) is 18.6 Å². The largest absolute Gasteiger partial charge is 0.306 e. The summed E-state index contributed by atoms with van der Waals surface area (Å²) in [5, 5.41) is 9.27. The second-order valence-electron chi connectivity index (χ2n) is 4.38. The summed E-state index contributed by atoms with van der Waals surface area (Å²) >= 11 is 0. The highest BCUT2D eigenvalue weighted by Crippen LogP contribution is 2.30. The molecule has 2 heterocycles. The first-order chi connectivity index (χ1) is 7.81. The molecule has 0 bridgehead atoms. The smallest absolute Gasteiger partial charge is 0.0929 e. The van der Waals surface area contributed by atoms with E-state index in [0.29, 0.717) is 5.92 Å². The molecule has 1 unspecified atom stereocenters. The Morgan fingerprint density at radius 2 is 2.19 bits per heavy atom. The summed E-state index contributed by atoms with van der Waals surface area (Å²) in [7, 11) is 2.12. The maximum Gasteiger partial charge on any atom is 0.0929 e. The highest BCUT2D eigenvalue weighted by Gasteiger charge is 2.27. The van der Waals surface area contributed by atoms with Crippen molar-refractivity contribution in [3.8, 4) is 6.07 Å². The Hall–Kier alpha value is -1.47. The van der Waals surface area contributed by atoms with Gasteiger partial charge in [0.25, 0.3) is 0 Å². The second kappa shape index (κ2) is 5.04. The van der Waals surface area contributed by atoms with Crippen molar-refractivity contribution in [2.75, 3.05) is 20.1 Å². The molecule has 2 rings (SSSR count). The third-order valence-electron chi connectivity index (χ3n) is 3.28. The van der Waals surface area contributed by atoms with Crippen LogP contribution in [0.2, 0.25) is 0 Å². The number of piperidine rings is 1. The lowest BCUT2D eigenvalue weighted by Gasteiger charge is -2.31. The first-order valence-electron chi connectivity index (χ1n) is 5.65. The molecule has 0 spiro atoms. The molecule has 0 aliphatic carbocycles. The van der Waals surface area contributed by atoms with Crippen molar-refractivity contribution in [1.29, 1.82) is 5.26 Å². The molecule has 1 aliphatic rings. The van der Waals surface area contributed by atoms with Crippen molar-refractivity contribution in [3.05, 3.63) is 24.3 Å². The van der Waals surface area contributed by atoms with Crippen LogP contribution in [0.5, 0.6) is 0 Å². The molecule has 1 aromatic heterocycles. The fraction of sp³-hybridized carbons (Fsp3) is 0.583. The molecule has 1 saturated heterocycles. The SMILES string of the molecule is CN1CCC(C(C#N)c2cnccn2)CC1. The normalized spacial score (nSPS) is 20.2. The molecule has 0 saturated carbocycles. The molecule has 0 N–H and O–H groups in total. The quantitative estimate of drug-likeness (QED) is 0.750. The lowest BCUT2D eigenvalue weighted by atomic mass is 9.83. The van der Waals surface area contributed by atoms with E-state index in [1.165, 1.54) is 0 Å². The molecule has 1 aromatic rings. The van der Waals surface area contributed by atoms with Gasteiger partial charge in [-0.1, -0.05) is 0 Å². The zero-order chi connectivity index (χ0) is 11.4. The highest BCUT2D eigenvalue weighted by molar-refractivity contribution is 5.15. The van der Waals surface area contributed by atoms with Crippen LogP contribution >= 0.6 is 0 Å². The third kappa shape index (κ3) is 2.37. The summed E-state index contributed by atoms with van der Waals surface area (Å²) in [4.78, 5) is 10.6. The molecule has 84 valence electrons. The predicted molar refractivity (Wildman–Crippen MR) is 60.6 cm³/mol. The van der Waals surface area contributed by atoms with Crippen molar-refractivity contribution in [2.24, 2.45) is 5.92 Å². The van der Waals surface area contributed by atoms with Crippen LogP contribution in [0.25, 0.3) is 0 Å². The Balaban J connectivity index is 2.09. The molecule has 1 fully saturated rings. The predicted octanol–water partition coefficient (Wildman–Crippen LogP) is 1.43. The van der Waals surface area contributed by atoms with Gasteiger partial charge < -0.3 is 4.90 Å². The van der Waals surface area contributed by atoms with Gasteiger partial charge in [-0.15, -0.1) is 0 Å². The average Bonchev–Trinajstić information content (AvgIpc) is 2.34. The van der Waals surface area contributed by atoms with Crippen molar-refractivity contribution >= 4 is 0 Å². The maximum atomic E-state index is 9.27. The zero-order valence-corrected chi connectivity index (χ0v) is 9.50. The minimum Gasteiger partial charge on any atom is -0.306 e. The molecule has 4 heteroatoms. The van der Waals surface area contributed by atoms with Gasteiger partial charge in [0.2, 0.25) is 0 Å². The van der Waals surface area contributed by atoms with Gasteiger partial charge in [0.1, 0.15) is 0 Å². The summed E-state index contributed by atoms with van der Waals surface area (Å²) in [6.45, 7) is 2.15. The molecule has 1 atom stereocenters. The Bertz CT molecular complexity index is 362. The molecular formula is C12H16N4. The van der Waals surface area contributed by atoms with Crippen LogP contribution in [0.15, 0.2) is 18.6 Å². The molecular weight excluding hydrogens is 200 g/mol. The van der Waals surface area contributed by atoms with Gasteiger partial charge in [-0.2, -0.15) is 5.26 Å². The standard InChI is InChI=1S/C12H16N4/c1-16-6-2-10(3-7-16)11(8-13)12-9-14-4-5-15-12/h4-5,9-11H,2-3,6-7H2,1H3. The molecule has 0 radical (unpaired) electrons. The lowest BCUT2D eigenvalue weighted by Crippen LogP contribution is -2.32. The highest BCUT2D eigenvalue weighted by atomic mass is 15.1. The maximum absolute atomic E-state index is 9.27. The van der Waals surface area contributed by atoms with Crippen molar-refractivity contribution in [1.82, 2.24) is 14.9 Å². The molecule has 0 amide bonds. The van der Waals surface area contributed by atoms with Crippen LogP contribution in [-0.2, 0) is 0 Å². The first-order valence-corrected chi connectivity index (χ1v) is 5.65. The van der Waals surface area contributed by atoms with Crippen molar-refractivity contribution in [2.45, 2.75) is 18.8 Å². The number of likely N-dealkylation sites (tertiary alicyclic amines) is 1. The Morgan fingerprint density at radius 1 is 1.44 bits per heavy atom. The van der Waals surface area contributed by atoms with E-state index in [0.717, 1.165) is 31.6 Å². The molecule has 16 heavy (non-hydrogen) atoms. The van der Waals surface area contributed by atoms with E-state index >= 15 is 0 Å². The van der Waals surface area contributed by atoms with E-state index in [9.17, 15) is 5.26 Å². The van der Waals surface area contributed by atoms with Crippen LogP contribution in [-0.4, -0.2) is 35.0 Å². The van der Waals surface area contributed by atoms with Gasteiger partial charge in [-0.3, -0.25) is 9.97 Å². The minimum atomic E-state index is -0.0950. The van der Waals surface area contributed by atoms with Gasteiger partial charge in [-0.25, -0.2) is 0 Å². The van der Waals surface area contributed by atoms with E-state index < -0.39 is 0 Å². The summed E-state index contributed by atoms with van der Waals surface area (Å²) < 4.78 is 0. The zero-order valence-electron chi connectivity index (χ0n) is 9.50. The summed E-state index contributed by atoms with van der Waals surface area (Å²) in [5.41, 5.74) is 0.819. The number of rotatable bonds is 2. The van der Waals surface area contributed by atoms with E-state index in [1.807, 2.05) is 0 Å².